The van der Waals surface area contributed by atoms with E-state index in [2.05, 4.69) is 22.2 Å². The number of nitrogens with one attached hydrogen (secondary N) is 1. The molecule has 0 amide bonds. The third-order valence-corrected chi connectivity index (χ3v) is 3.82. The van der Waals surface area contributed by atoms with Crippen molar-refractivity contribution in [2.45, 2.75) is 13.0 Å². The average Bonchev–Trinajstić information content (AvgIpc) is 2.56. The Balaban J connectivity index is 1.90. The minimum atomic E-state index is 0.0536. The highest BCUT2D eigenvalue weighted by atomic mass is 35.5. The molecule has 0 aliphatic carbocycles. The van der Waals surface area contributed by atoms with Crippen LogP contribution in [0.4, 0.5) is 11.5 Å². The zero-order valence-electron chi connectivity index (χ0n) is 12.7. The molecule has 0 aliphatic heterocycles. The largest absolute Gasteiger partial charge is 0.399 e. The smallest absolute Gasteiger partial charge is 0.153 e. The molecule has 4 nitrogen and oxygen atoms in total. The fraction of sp³-hybridized carbons (Fsp3) is 0.111. The Hall–Kier alpha value is -2.59. The molecule has 0 spiro atoms. The van der Waals surface area contributed by atoms with Gasteiger partial charge in [0.25, 0.3) is 0 Å². The summed E-state index contributed by atoms with van der Waals surface area (Å²) in [7, 11) is 0. The Morgan fingerprint density at radius 3 is 2.52 bits per heavy atom. The molecule has 3 rings (SSSR count). The highest BCUT2D eigenvalue weighted by molar-refractivity contribution is 6.30. The van der Waals surface area contributed by atoms with Gasteiger partial charge in [0.05, 0.1) is 6.04 Å². The second-order valence-electron chi connectivity index (χ2n) is 5.30. The van der Waals surface area contributed by atoms with Crippen LogP contribution in [0.25, 0.3) is 11.3 Å². The average molecular weight is 325 g/mol. The molecule has 0 bridgehead atoms. The van der Waals surface area contributed by atoms with Gasteiger partial charge < -0.3 is 11.1 Å². The van der Waals surface area contributed by atoms with Crippen molar-refractivity contribution in [3.8, 4) is 11.3 Å². The molecular weight excluding hydrogens is 308 g/mol. The number of aromatic nitrogens is 2. The monoisotopic (exact) mass is 324 g/mol. The van der Waals surface area contributed by atoms with E-state index in [1.165, 1.54) is 0 Å². The maximum atomic E-state index is 6.07. The van der Waals surface area contributed by atoms with Crippen molar-refractivity contribution in [1.29, 1.82) is 0 Å². The van der Waals surface area contributed by atoms with Crippen LogP contribution in [-0.4, -0.2) is 9.97 Å². The van der Waals surface area contributed by atoms with E-state index < -0.39 is 0 Å². The van der Waals surface area contributed by atoms with Gasteiger partial charge in [0.2, 0.25) is 0 Å². The van der Waals surface area contributed by atoms with Gasteiger partial charge in [-0.05, 0) is 36.8 Å². The summed E-state index contributed by atoms with van der Waals surface area (Å²) in [5, 5.41) is 4.12. The molecule has 23 heavy (non-hydrogen) atoms. The quantitative estimate of drug-likeness (QED) is 0.691. The van der Waals surface area contributed by atoms with Gasteiger partial charge in [0, 0.05) is 28.7 Å². The van der Waals surface area contributed by atoms with E-state index in [1.807, 2.05) is 48.5 Å². The molecular formula is C18H17ClN4. The van der Waals surface area contributed by atoms with Gasteiger partial charge in [-0.3, -0.25) is 4.98 Å². The lowest BCUT2D eigenvalue weighted by atomic mass is 10.1. The van der Waals surface area contributed by atoms with Crippen LogP contribution in [0.5, 0.6) is 0 Å². The zero-order valence-corrected chi connectivity index (χ0v) is 13.5. The first-order valence-electron chi connectivity index (χ1n) is 7.32. The number of nitrogens with zero attached hydrogens (tertiary/aromatic N) is 2. The van der Waals surface area contributed by atoms with Crippen LogP contribution < -0.4 is 11.1 Å². The number of halogens is 1. The predicted molar refractivity (Wildman–Crippen MR) is 95.4 cm³/mol. The number of hydrogen-bond donors (Lipinski definition) is 2. The van der Waals surface area contributed by atoms with E-state index >= 15 is 0 Å². The molecule has 1 heterocycles. The van der Waals surface area contributed by atoms with Crippen LogP contribution in [0.3, 0.4) is 0 Å². The molecule has 5 heteroatoms. The SMILES string of the molecule is CC(Nc1nccnc1-c1ccc(N)cc1)c1cccc(Cl)c1. The lowest BCUT2D eigenvalue weighted by molar-refractivity contribution is 0.872. The molecule has 116 valence electrons. The van der Waals surface area contributed by atoms with Crippen molar-refractivity contribution < 1.29 is 0 Å². The fourth-order valence-electron chi connectivity index (χ4n) is 2.36. The van der Waals surface area contributed by atoms with E-state index in [1.54, 1.807) is 12.4 Å². The molecule has 0 saturated heterocycles. The first kappa shape index (κ1) is 15.3. The maximum Gasteiger partial charge on any atom is 0.153 e. The summed E-state index contributed by atoms with van der Waals surface area (Å²) in [6.07, 6.45) is 3.36. The van der Waals surface area contributed by atoms with Gasteiger partial charge in [-0.2, -0.15) is 0 Å². The summed E-state index contributed by atoms with van der Waals surface area (Å²) in [5.41, 5.74) is 9.32. The van der Waals surface area contributed by atoms with Crippen molar-refractivity contribution in [3.63, 3.8) is 0 Å². The third kappa shape index (κ3) is 3.60. The second kappa shape index (κ2) is 6.67. The van der Waals surface area contributed by atoms with E-state index in [-0.39, 0.29) is 6.04 Å². The molecule has 1 aromatic heterocycles. The zero-order chi connectivity index (χ0) is 16.2. The first-order valence-corrected chi connectivity index (χ1v) is 7.70. The summed E-state index contributed by atoms with van der Waals surface area (Å²) in [4.78, 5) is 8.88. The summed E-state index contributed by atoms with van der Waals surface area (Å²) in [5.74, 6) is 0.727. The van der Waals surface area contributed by atoms with E-state index in [0.29, 0.717) is 5.02 Å². The van der Waals surface area contributed by atoms with E-state index in [9.17, 15) is 0 Å². The topological polar surface area (TPSA) is 63.8 Å². The number of nitrogen functional groups attached to an aromatic ring is 1. The van der Waals surface area contributed by atoms with Crippen LogP contribution in [-0.2, 0) is 0 Å². The number of nitrogens with two attached hydrogens (primary N) is 1. The van der Waals surface area contributed by atoms with Crippen molar-refractivity contribution in [2.24, 2.45) is 0 Å². The molecule has 0 fully saturated rings. The number of benzene rings is 2. The summed E-state index contributed by atoms with van der Waals surface area (Å²) in [6, 6.07) is 15.4. The Labute approximate surface area is 140 Å². The minimum absolute atomic E-state index is 0.0536. The van der Waals surface area contributed by atoms with Gasteiger partial charge >= 0.3 is 0 Å². The Morgan fingerprint density at radius 1 is 1.04 bits per heavy atom. The van der Waals surface area contributed by atoms with Crippen LogP contribution in [0.2, 0.25) is 5.02 Å². The normalized spacial score (nSPS) is 11.9. The van der Waals surface area contributed by atoms with Crippen LogP contribution in [0, 0.1) is 0 Å². The summed E-state index contributed by atoms with van der Waals surface area (Å²) in [6.45, 7) is 2.06. The van der Waals surface area contributed by atoms with Crippen LogP contribution in [0.15, 0.2) is 60.9 Å². The fourth-order valence-corrected chi connectivity index (χ4v) is 2.56. The predicted octanol–water partition coefficient (Wildman–Crippen LogP) is 4.55. The molecule has 1 atom stereocenters. The number of rotatable bonds is 4. The standard InChI is InChI=1S/C18H17ClN4/c1-12(14-3-2-4-15(19)11-14)23-18-17(21-9-10-22-18)13-5-7-16(20)8-6-13/h2-12H,20H2,1H3,(H,22,23). The number of anilines is 2. The lowest BCUT2D eigenvalue weighted by Crippen LogP contribution is -2.09. The van der Waals surface area contributed by atoms with Gasteiger partial charge in [-0.15, -0.1) is 0 Å². The van der Waals surface area contributed by atoms with Crippen molar-refractivity contribution >= 4 is 23.1 Å². The van der Waals surface area contributed by atoms with Gasteiger partial charge in [0.15, 0.2) is 5.82 Å². The Morgan fingerprint density at radius 2 is 1.78 bits per heavy atom. The van der Waals surface area contributed by atoms with Gasteiger partial charge in [0.1, 0.15) is 5.69 Å². The highest BCUT2D eigenvalue weighted by Gasteiger charge is 2.12. The lowest BCUT2D eigenvalue weighted by Gasteiger charge is -2.17. The van der Waals surface area contributed by atoms with Gasteiger partial charge in [-0.25, -0.2) is 4.98 Å². The molecule has 2 aromatic carbocycles. The van der Waals surface area contributed by atoms with E-state index in [4.69, 9.17) is 17.3 Å². The Kier molecular flexibility index (Phi) is 4.44. The first-order chi connectivity index (χ1) is 11.1. The van der Waals surface area contributed by atoms with Crippen LogP contribution in [0.1, 0.15) is 18.5 Å². The third-order valence-electron chi connectivity index (χ3n) is 3.58. The molecule has 0 aliphatic rings. The summed E-state index contributed by atoms with van der Waals surface area (Å²) < 4.78 is 0. The second-order valence-corrected chi connectivity index (χ2v) is 5.73. The van der Waals surface area contributed by atoms with Crippen molar-refractivity contribution in [2.75, 3.05) is 11.1 Å². The minimum Gasteiger partial charge on any atom is -0.399 e. The number of hydrogen-bond acceptors (Lipinski definition) is 4. The van der Waals surface area contributed by atoms with Gasteiger partial charge in [-0.1, -0.05) is 35.9 Å². The van der Waals surface area contributed by atoms with Crippen molar-refractivity contribution in [3.05, 3.63) is 71.5 Å². The van der Waals surface area contributed by atoms with Crippen molar-refractivity contribution in [1.82, 2.24) is 9.97 Å². The molecule has 3 N–H and O–H groups in total. The molecule has 0 radical (unpaired) electrons. The summed E-state index contributed by atoms with van der Waals surface area (Å²) >= 11 is 6.07. The highest BCUT2D eigenvalue weighted by Crippen LogP contribution is 2.28. The maximum absolute atomic E-state index is 6.07. The molecule has 3 aromatic rings. The van der Waals surface area contributed by atoms with E-state index in [0.717, 1.165) is 28.3 Å². The Bertz CT molecular complexity index is 802. The molecule has 0 saturated carbocycles. The molecule has 1 unspecified atom stereocenters. The van der Waals surface area contributed by atoms with Crippen LogP contribution >= 0.6 is 11.6 Å².